The Morgan fingerprint density at radius 1 is 1.31 bits per heavy atom. The van der Waals surface area contributed by atoms with Crippen LogP contribution in [0.3, 0.4) is 0 Å². The second kappa shape index (κ2) is 3.46. The lowest BCUT2D eigenvalue weighted by Crippen LogP contribution is -2.14. The molecular weight excluding hydrogens is 165 g/mol. The first kappa shape index (κ1) is 10.2. The summed E-state index contributed by atoms with van der Waals surface area (Å²) in [6, 6.07) is 5.06. The van der Waals surface area contributed by atoms with Crippen molar-refractivity contribution in [3.63, 3.8) is 0 Å². The summed E-state index contributed by atoms with van der Waals surface area (Å²) >= 11 is 0. The zero-order valence-corrected chi connectivity index (χ0v) is 8.39. The van der Waals surface area contributed by atoms with Crippen LogP contribution in [0.5, 0.6) is 0 Å². The summed E-state index contributed by atoms with van der Waals surface area (Å²) in [6.45, 7) is 6.44. The highest BCUT2D eigenvalue weighted by molar-refractivity contribution is 5.30. The van der Waals surface area contributed by atoms with Crippen molar-refractivity contribution in [2.75, 3.05) is 0 Å². The van der Waals surface area contributed by atoms with E-state index in [1.54, 1.807) is 6.07 Å². The third-order valence-corrected chi connectivity index (χ3v) is 2.07. The van der Waals surface area contributed by atoms with Crippen LogP contribution in [0.2, 0.25) is 0 Å². The largest absolute Gasteiger partial charge is 0.326 e. The SMILES string of the molecule is CC(C)(C)c1cc(CN)ccc1F. The molecule has 1 rings (SSSR count). The molecule has 0 aliphatic rings. The first-order valence-corrected chi connectivity index (χ1v) is 4.44. The maximum Gasteiger partial charge on any atom is 0.126 e. The molecule has 0 aliphatic carbocycles. The van der Waals surface area contributed by atoms with Crippen molar-refractivity contribution in [3.8, 4) is 0 Å². The zero-order valence-electron chi connectivity index (χ0n) is 8.39. The molecule has 1 aromatic carbocycles. The molecule has 0 saturated heterocycles. The van der Waals surface area contributed by atoms with Crippen molar-refractivity contribution in [1.29, 1.82) is 0 Å². The minimum atomic E-state index is -0.157. The van der Waals surface area contributed by atoms with E-state index >= 15 is 0 Å². The quantitative estimate of drug-likeness (QED) is 0.708. The highest BCUT2D eigenvalue weighted by atomic mass is 19.1. The Bertz CT molecular complexity index is 299. The summed E-state index contributed by atoms with van der Waals surface area (Å²) in [5, 5.41) is 0. The highest BCUT2D eigenvalue weighted by Crippen LogP contribution is 2.25. The zero-order chi connectivity index (χ0) is 10.1. The van der Waals surface area contributed by atoms with E-state index in [4.69, 9.17) is 5.73 Å². The Hall–Kier alpha value is -0.890. The molecule has 0 atom stereocenters. The van der Waals surface area contributed by atoms with Gasteiger partial charge in [-0.15, -0.1) is 0 Å². The predicted molar refractivity (Wildman–Crippen MR) is 53.0 cm³/mol. The number of nitrogens with two attached hydrogens (primary N) is 1. The molecule has 13 heavy (non-hydrogen) atoms. The molecular formula is C11H16FN. The average Bonchev–Trinajstić information content (AvgIpc) is 2.03. The summed E-state index contributed by atoms with van der Waals surface area (Å²) in [7, 11) is 0. The van der Waals surface area contributed by atoms with Gasteiger partial charge in [0.15, 0.2) is 0 Å². The monoisotopic (exact) mass is 181 g/mol. The van der Waals surface area contributed by atoms with Gasteiger partial charge in [-0.25, -0.2) is 4.39 Å². The maximum absolute atomic E-state index is 13.4. The van der Waals surface area contributed by atoms with E-state index in [2.05, 4.69) is 0 Å². The molecule has 0 heterocycles. The molecule has 2 N–H and O–H groups in total. The summed E-state index contributed by atoms with van der Waals surface area (Å²) in [6.07, 6.45) is 0. The number of rotatable bonds is 1. The minimum Gasteiger partial charge on any atom is -0.326 e. The molecule has 0 saturated carbocycles. The van der Waals surface area contributed by atoms with E-state index in [-0.39, 0.29) is 11.2 Å². The molecule has 1 nitrogen and oxygen atoms in total. The molecule has 0 bridgehead atoms. The summed E-state index contributed by atoms with van der Waals surface area (Å²) < 4.78 is 13.4. The first-order chi connectivity index (χ1) is 5.95. The average molecular weight is 181 g/mol. The fourth-order valence-corrected chi connectivity index (χ4v) is 1.27. The van der Waals surface area contributed by atoms with Crippen molar-refractivity contribution in [2.45, 2.75) is 32.7 Å². The summed E-state index contributed by atoms with van der Waals surface area (Å²) in [5.74, 6) is -0.148. The minimum absolute atomic E-state index is 0.148. The fraction of sp³-hybridized carbons (Fsp3) is 0.455. The molecule has 0 amide bonds. The van der Waals surface area contributed by atoms with Crippen LogP contribution in [0.25, 0.3) is 0 Å². The standard InChI is InChI=1S/C11H16FN/c1-11(2,3)9-6-8(7-13)4-5-10(9)12/h4-6H,7,13H2,1-3H3. The normalized spacial score (nSPS) is 11.8. The van der Waals surface area contributed by atoms with Crippen molar-refractivity contribution in [2.24, 2.45) is 5.73 Å². The van der Waals surface area contributed by atoms with Crippen LogP contribution in [-0.2, 0) is 12.0 Å². The highest BCUT2D eigenvalue weighted by Gasteiger charge is 2.18. The van der Waals surface area contributed by atoms with Crippen LogP contribution >= 0.6 is 0 Å². The van der Waals surface area contributed by atoms with Crippen LogP contribution in [0.4, 0.5) is 4.39 Å². The van der Waals surface area contributed by atoms with Crippen molar-refractivity contribution in [3.05, 3.63) is 35.1 Å². The second-order valence-corrected chi connectivity index (χ2v) is 4.27. The van der Waals surface area contributed by atoms with Gasteiger partial charge in [0.1, 0.15) is 5.82 Å². The van der Waals surface area contributed by atoms with Gasteiger partial charge in [-0.05, 0) is 22.6 Å². The Balaban J connectivity index is 3.19. The molecule has 0 spiro atoms. The van der Waals surface area contributed by atoms with E-state index in [9.17, 15) is 4.39 Å². The third kappa shape index (κ3) is 2.28. The number of hydrogen-bond donors (Lipinski definition) is 1. The molecule has 0 aliphatic heterocycles. The summed E-state index contributed by atoms with van der Waals surface area (Å²) in [4.78, 5) is 0. The molecule has 2 heteroatoms. The Morgan fingerprint density at radius 2 is 1.92 bits per heavy atom. The maximum atomic E-state index is 13.4. The van der Waals surface area contributed by atoms with Crippen LogP contribution in [0.1, 0.15) is 31.9 Å². The van der Waals surface area contributed by atoms with Gasteiger partial charge in [-0.3, -0.25) is 0 Å². The van der Waals surface area contributed by atoms with Gasteiger partial charge in [0.25, 0.3) is 0 Å². The van der Waals surface area contributed by atoms with Crippen LogP contribution in [0, 0.1) is 5.82 Å². The Morgan fingerprint density at radius 3 is 2.38 bits per heavy atom. The van der Waals surface area contributed by atoms with Crippen molar-refractivity contribution >= 4 is 0 Å². The van der Waals surface area contributed by atoms with Crippen LogP contribution < -0.4 is 5.73 Å². The van der Waals surface area contributed by atoms with E-state index in [0.29, 0.717) is 6.54 Å². The van der Waals surface area contributed by atoms with E-state index in [0.717, 1.165) is 11.1 Å². The van der Waals surface area contributed by atoms with E-state index < -0.39 is 0 Å². The van der Waals surface area contributed by atoms with Crippen molar-refractivity contribution < 1.29 is 4.39 Å². The second-order valence-electron chi connectivity index (χ2n) is 4.27. The third-order valence-electron chi connectivity index (χ3n) is 2.07. The molecule has 0 aromatic heterocycles. The van der Waals surface area contributed by atoms with Gasteiger partial charge in [0, 0.05) is 6.54 Å². The fourth-order valence-electron chi connectivity index (χ4n) is 1.27. The Kier molecular flexibility index (Phi) is 2.71. The van der Waals surface area contributed by atoms with E-state index in [1.807, 2.05) is 26.8 Å². The van der Waals surface area contributed by atoms with Gasteiger partial charge in [-0.1, -0.05) is 32.9 Å². The molecule has 0 unspecified atom stereocenters. The van der Waals surface area contributed by atoms with Gasteiger partial charge >= 0.3 is 0 Å². The Labute approximate surface area is 78.8 Å². The number of halogens is 1. The predicted octanol–water partition coefficient (Wildman–Crippen LogP) is 2.58. The van der Waals surface area contributed by atoms with E-state index in [1.165, 1.54) is 6.07 Å². The van der Waals surface area contributed by atoms with Gasteiger partial charge in [0.05, 0.1) is 0 Å². The topological polar surface area (TPSA) is 26.0 Å². The lowest BCUT2D eigenvalue weighted by atomic mass is 9.86. The first-order valence-electron chi connectivity index (χ1n) is 4.44. The van der Waals surface area contributed by atoms with Crippen LogP contribution in [0.15, 0.2) is 18.2 Å². The number of hydrogen-bond acceptors (Lipinski definition) is 1. The molecule has 72 valence electrons. The van der Waals surface area contributed by atoms with Crippen LogP contribution in [-0.4, -0.2) is 0 Å². The lowest BCUT2D eigenvalue weighted by molar-refractivity contribution is 0.522. The molecule has 0 fully saturated rings. The smallest absolute Gasteiger partial charge is 0.126 e. The van der Waals surface area contributed by atoms with Gasteiger partial charge in [-0.2, -0.15) is 0 Å². The molecule has 1 aromatic rings. The summed E-state index contributed by atoms with van der Waals surface area (Å²) in [5.41, 5.74) is 7.04. The number of benzene rings is 1. The van der Waals surface area contributed by atoms with Gasteiger partial charge < -0.3 is 5.73 Å². The lowest BCUT2D eigenvalue weighted by Gasteiger charge is -2.20. The van der Waals surface area contributed by atoms with Crippen molar-refractivity contribution in [1.82, 2.24) is 0 Å². The van der Waals surface area contributed by atoms with Gasteiger partial charge in [0.2, 0.25) is 0 Å². The molecule has 0 radical (unpaired) electrons.